The first-order valence-corrected chi connectivity index (χ1v) is 5.52. The van der Waals surface area contributed by atoms with E-state index in [0.717, 1.165) is 6.42 Å². The maximum Gasteiger partial charge on any atom is 0.217 e. The lowest BCUT2D eigenvalue weighted by molar-refractivity contribution is -0.920. The second-order valence-electron chi connectivity index (χ2n) is 5.36. The molecule has 1 rings (SSSR count). The molecular weight excluding hydrogens is 192 g/mol. The third kappa shape index (κ3) is 2.16. The Morgan fingerprint density at radius 3 is 2.53 bits per heavy atom. The predicted octanol–water partition coefficient (Wildman–Crippen LogP) is 1.25. The fourth-order valence-electron chi connectivity index (χ4n) is 2.30. The van der Waals surface area contributed by atoms with E-state index in [1.165, 1.54) is 6.92 Å². The molecule has 0 spiro atoms. The molecule has 4 heteroatoms. The Balaban J connectivity index is 2.82. The molecule has 1 fully saturated rings. The summed E-state index contributed by atoms with van der Waals surface area (Å²) in [7, 11) is 1.72. The zero-order valence-corrected chi connectivity index (χ0v) is 10.3. The van der Waals surface area contributed by atoms with E-state index in [0.29, 0.717) is 6.54 Å². The van der Waals surface area contributed by atoms with Crippen molar-refractivity contribution >= 4 is 5.91 Å². The van der Waals surface area contributed by atoms with Gasteiger partial charge in [0.25, 0.3) is 0 Å². The molecular formula is C11H22N2O2. The van der Waals surface area contributed by atoms with Crippen molar-refractivity contribution in [1.82, 2.24) is 5.32 Å². The third-order valence-electron chi connectivity index (χ3n) is 4.19. The number of likely N-dealkylation sites (tertiary alicyclic amines) is 1. The van der Waals surface area contributed by atoms with Gasteiger partial charge in [0.15, 0.2) is 0 Å². The summed E-state index contributed by atoms with van der Waals surface area (Å²) in [6, 6.07) is 0.137. The molecule has 3 atom stereocenters. The molecule has 15 heavy (non-hydrogen) atoms. The predicted molar refractivity (Wildman–Crippen MR) is 59.9 cm³/mol. The number of rotatable bonds is 1. The van der Waals surface area contributed by atoms with Gasteiger partial charge in [0.05, 0.1) is 19.1 Å². The van der Waals surface area contributed by atoms with Crippen LogP contribution in [-0.4, -0.2) is 35.7 Å². The fourth-order valence-corrected chi connectivity index (χ4v) is 2.30. The van der Waals surface area contributed by atoms with Gasteiger partial charge in [0.1, 0.15) is 0 Å². The van der Waals surface area contributed by atoms with Crippen molar-refractivity contribution in [2.75, 3.05) is 13.6 Å². The van der Waals surface area contributed by atoms with Gasteiger partial charge in [0.2, 0.25) is 5.91 Å². The molecule has 4 nitrogen and oxygen atoms in total. The zero-order chi connectivity index (χ0) is 11.9. The van der Waals surface area contributed by atoms with E-state index in [1.54, 1.807) is 7.05 Å². The van der Waals surface area contributed by atoms with Crippen LogP contribution in [0.15, 0.2) is 0 Å². The molecule has 1 N–H and O–H groups in total. The minimum atomic E-state index is -0.342. The molecule has 1 saturated heterocycles. The summed E-state index contributed by atoms with van der Waals surface area (Å²) in [5, 5.41) is 15.2. The fraction of sp³-hybridized carbons (Fsp3) is 0.909. The van der Waals surface area contributed by atoms with E-state index in [-0.39, 0.29) is 28.1 Å². The number of hydroxylamine groups is 3. The summed E-state index contributed by atoms with van der Waals surface area (Å²) < 4.78 is -0.218. The van der Waals surface area contributed by atoms with Gasteiger partial charge in [-0.15, -0.1) is 0 Å². The second-order valence-corrected chi connectivity index (χ2v) is 5.36. The minimum absolute atomic E-state index is 0.00958. The average Bonchev–Trinajstić information content (AvgIpc) is 2.08. The first-order chi connectivity index (χ1) is 6.68. The van der Waals surface area contributed by atoms with Gasteiger partial charge in [0, 0.05) is 25.3 Å². The number of carbonyl (C=O) groups is 1. The smallest absolute Gasteiger partial charge is 0.217 e. The van der Waals surface area contributed by atoms with Crippen LogP contribution < -0.4 is 5.32 Å². The van der Waals surface area contributed by atoms with E-state index in [1.807, 2.05) is 20.8 Å². The maximum atomic E-state index is 12.2. The first kappa shape index (κ1) is 12.5. The summed E-state index contributed by atoms with van der Waals surface area (Å²) in [5.41, 5.74) is -0.342. The van der Waals surface area contributed by atoms with E-state index < -0.39 is 0 Å². The summed E-state index contributed by atoms with van der Waals surface area (Å²) in [6.07, 6.45) is 0.768. The molecule has 0 saturated carbocycles. The molecule has 1 amide bonds. The zero-order valence-electron chi connectivity index (χ0n) is 10.3. The van der Waals surface area contributed by atoms with Crippen LogP contribution in [-0.2, 0) is 4.79 Å². The van der Waals surface area contributed by atoms with Crippen molar-refractivity contribution in [2.24, 2.45) is 5.92 Å². The van der Waals surface area contributed by atoms with Crippen molar-refractivity contribution in [2.45, 2.75) is 45.7 Å². The molecule has 0 aromatic rings. The normalized spacial score (nSPS) is 39.9. The second kappa shape index (κ2) is 3.76. The topological polar surface area (TPSA) is 52.2 Å². The first-order valence-electron chi connectivity index (χ1n) is 5.52. The molecule has 1 heterocycles. The highest BCUT2D eigenvalue weighted by molar-refractivity contribution is 5.73. The Labute approximate surface area is 91.8 Å². The molecule has 3 unspecified atom stereocenters. The number of hydrogen-bond acceptors (Lipinski definition) is 2. The number of amides is 1. The standard InChI is InChI=1S/C11H22N2O2/c1-8-10(12-9(2)14)6-7-13(5,15)11(8,3)4/h8,10H,6-7H2,1-5H3,(H,12,14). The van der Waals surface area contributed by atoms with Crippen molar-refractivity contribution in [3.63, 3.8) is 0 Å². The van der Waals surface area contributed by atoms with Gasteiger partial charge in [-0.1, -0.05) is 6.92 Å². The van der Waals surface area contributed by atoms with E-state index >= 15 is 0 Å². The van der Waals surface area contributed by atoms with E-state index in [2.05, 4.69) is 5.32 Å². The Morgan fingerprint density at radius 1 is 1.53 bits per heavy atom. The van der Waals surface area contributed by atoms with E-state index in [9.17, 15) is 10.0 Å². The van der Waals surface area contributed by atoms with Gasteiger partial charge in [-0.2, -0.15) is 0 Å². The van der Waals surface area contributed by atoms with Crippen LogP contribution in [0.5, 0.6) is 0 Å². The molecule has 88 valence electrons. The number of piperidine rings is 1. The van der Waals surface area contributed by atoms with Gasteiger partial charge in [-0.25, -0.2) is 0 Å². The summed E-state index contributed by atoms with van der Waals surface area (Å²) in [4.78, 5) is 11.0. The number of nitrogens with one attached hydrogen (secondary N) is 1. The van der Waals surface area contributed by atoms with Crippen molar-refractivity contribution in [1.29, 1.82) is 0 Å². The number of carbonyl (C=O) groups excluding carboxylic acids is 1. The van der Waals surface area contributed by atoms with Crippen LogP contribution in [0.4, 0.5) is 0 Å². The number of hydrogen-bond donors (Lipinski definition) is 1. The number of quaternary nitrogens is 1. The third-order valence-corrected chi connectivity index (χ3v) is 4.19. The van der Waals surface area contributed by atoms with Crippen LogP contribution in [0.3, 0.4) is 0 Å². The molecule has 0 aromatic heterocycles. The van der Waals surface area contributed by atoms with Crippen LogP contribution in [0.25, 0.3) is 0 Å². The SMILES string of the molecule is CC(=O)NC1CC[N+](C)([O-])C(C)(C)C1C. The quantitative estimate of drug-likeness (QED) is 0.527. The van der Waals surface area contributed by atoms with Crippen molar-refractivity contribution in [3.05, 3.63) is 5.21 Å². The van der Waals surface area contributed by atoms with Crippen LogP contribution in [0, 0.1) is 11.1 Å². The van der Waals surface area contributed by atoms with Gasteiger partial charge >= 0.3 is 0 Å². The maximum absolute atomic E-state index is 12.2. The molecule has 1 aliphatic heterocycles. The number of nitrogens with zero attached hydrogens (tertiary/aromatic N) is 1. The highest BCUT2D eigenvalue weighted by Crippen LogP contribution is 2.37. The highest BCUT2D eigenvalue weighted by Gasteiger charge is 2.46. The Bertz CT molecular complexity index is 261. The summed E-state index contributed by atoms with van der Waals surface area (Å²) in [6.45, 7) is 8.12. The van der Waals surface area contributed by atoms with Crippen molar-refractivity contribution in [3.8, 4) is 0 Å². The van der Waals surface area contributed by atoms with Gasteiger partial charge in [-0.3, -0.25) is 4.79 Å². The molecule has 1 aliphatic rings. The van der Waals surface area contributed by atoms with Crippen LogP contribution in [0.1, 0.15) is 34.1 Å². The average molecular weight is 214 g/mol. The Hall–Kier alpha value is -0.610. The highest BCUT2D eigenvalue weighted by atomic mass is 16.5. The lowest BCUT2D eigenvalue weighted by atomic mass is 9.77. The van der Waals surface area contributed by atoms with E-state index in [4.69, 9.17) is 0 Å². The lowest BCUT2D eigenvalue weighted by Gasteiger charge is -2.59. The summed E-state index contributed by atoms with van der Waals surface area (Å²) in [5.74, 6) is 0.183. The van der Waals surface area contributed by atoms with Gasteiger partial charge < -0.3 is 15.2 Å². The Morgan fingerprint density at radius 2 is 2.07 bits per heavy atom. The van der Waals surface area contributed by atoms with Crippen LogP contribution in [0.2, 0.25) is 0 Å². The molecule has 0 radical (unpaired) electrons. The molecule has 0 bridgehead atoms. The molecule has 0 aliphatic carbocycles. The summed E-state index contributed by atoms with van der Waals surface area (Å²) >= 11 is 0. The minimum Gasteiger partial charge on any atom is -0.633 e. The Kier molecular flexibility index (Phi) is 3.12. The monoisotopic (exact) mass is 214 g/mol. The largest absolute Gasteiger partial charge is 0.633 e. The van der Waals surface area contributed by atoms with Gasteiger partial charge in [-0.05, 0) is 13.8 Å². The van der Waals surface area contributed by atoms with Crippen LogP contribution >= 0.6 is 0 Å². The molecule has 0 aromatic carbocycles. The van der Waals surface area contributed by atoms with Crippen molar-refractivity contribution < 1.29 is 9.44 Å². The lowest BCUT2D eigenvalue weighted by Crippen LogP contribution is -2.67.